The van der Waals surface area contributed by atoms with Crippen molar-refractivity contribution >= 4 is 12.3 Å². The van der Waals surface area contributed by atoms with Crippen LogP contribution in [0.25, 0.3) is 0 Å². The van der Waals surface area contributed by atoms with E-state index in [-0.39, 0.29) is 12.5 Å². The average Bonchev–Trinajstić information content (AvgIpc) is 2.13. The largest absolute Gasteiger partial charge is 0.396 e. The van der Waals surface area contributed by atoms with E-state index in [1.807, 2.05) is 6.92 Å². The molecule has 0 radical (unpaired) electrons. The molecule has 14 heavy (non-hydrogen) atoms. The Bertz CT molecular complexity index is 140. The average molecular weight is 204 g/mol. The van der Waals surface area contributed by atoms with Crippen molar-refractivity contribution in [2.45, 2.75) is 32.6 Å². The molecule has 0 spiro atoms. The Kier molecular flexibility index (Phi) is 15.8. The molecule has 0 aliphatic rings. The quantitative estimate of drug-likeness (QED) is 0.395. The summed E-state index contributed by atoms with van der Waals surface area (Å²) in [6.45, 7) is 2.80. The van der Waals surface area contributed by atoms with Crippen molar-refractivity contribution < 1.29 is 14.7 Å². The van der Waals surface area contributed by atoms with Crippen LogP contribution in [0.5, 0.6) is 0 Å². The van der Waals surface area contributed by atoms with Gasteiger partial charge in [-0.1, -0.05) is 6.92 Å². The molecular formula is C9H20N2O3. The summed E-state index contributed by atoms with van der Waals surface area (Å²) in [7, 11) is 0. The number of nitrogens with one attached hydrogen (secondary N) is 1. The first-order chi connectivity index (χ1) is 6.68. The van der Waals surface area contributed by atoms with Crippen LogP contribution in [0.1, 0.15) is 32.6 Å². The standard InChI is InChI=1S/C5H11NO2.C4H9NO/c7-4-2-1-3-6-5-8;1-2-3-4(5)6/h5,7H,1-4H2,(H,6,8);2-3H2,1H3,(H2,5,6). The van der Waals surface area contributed by atoms with Crippen molar-refractivity contribution in [1.29, 1.82) is 0 Å². The molecular weight excluding hydrogens is 184 g/mol. The maximum atomic E-state index is 9.82. The lowest BCUT2D eigenvalue weighted by atomic mass is 10.3. The molecule has 0 saturated carbocycles. The number of carbonyl (C=O) groups is 2. The molecule has 0 aromatic rings. The van der Waals surface area contributed by atoms with Crippen molar-refractivity contribution in [3.63, 3.8) is 0 Å². The molecule has 0 bridgehead atoms. The lowest BCUT2D eigenvalue weighted by Gasteiger charge is -1.93. The number of amides is 2. The predicted molar refractivity (Wildman–Crippen MR) is 54.5 cm³/mol. The molecule has 5 heteroatoms. The van der Waals surface area contributed by atoms with Gasteiger partial charge in [0.1, 0.15) is 0 Å². The molecule has 0 aliphatic carbocycles. The van der Waals surface area contributed by atoms with Gasteiger partial charge in [0, 0.05) is 19.6 Å². The second-order valence-corrected chi connectivity index (χ2v) is 2.72. The first-order valence-electron chi connectivity index (χ1n) is 4.75. The summed E-state index contributed by atoms with van der Waals surface area (Å²) < 4.78 is 0. The lowest BCUT2D eigenvalue weighted by molar-refractivity contribution is -0.118. The molecule has 0 aromatic heterocycles. The van der Waals surface area contributed by atoms with Crippen LogP contribution in [0.15, 0.2) is 0 Å². The van der Waals surface area contributed by atoms with Gasteiger partial charge in [-0.05, 0) is 19.3 Å². The first kappa shape index (κ1) is 15.4. The van der Waals surface area contributed by atoms with Crippen LogP contribution in [0.2, 0.25) is 0 Å². The zero-order chi connectivity index (χ0) is 11.2. The Hall–Kier alpha value is -1.10. The number of nitrogens with two attached hydrogens (primary N) is 1. The molecule has 0 saturated heterocycles. The van der Waals surface area contributed by atoms with Crippen LogP contribution >= 0.6 is 0 Å². The van der Waals surface area contributed by atoms with Crippen LogP contribution in [0.4, 0.5) is 0 Å². The van der Waals surface area contributed by atoms with Gasteiger partial charge in [-0.3, -0.25) is 9.59 Å². The van der Waals surface area contributed by atoms with Crippen LogP contribution < -0.4 is 11.1 Å². The third-order valence-corrected chi connectivity index (χ3v) is 1.31. The van der Waals surface area contributed by atoms with Crippen molar-refractivity contribution in [2.24, 2.45) is 5.73 Å². The molecule has 0 aliphatic heterocycles. The van der Waals surface area contributed by atoms with E-state index in [0.29, 0.717) is 19.4 Å². The van der Waals surface area contributed by atoms with Gasteiger partial charge in [0.15, 0.2) is 0 Å². The summed E-state index contributed by atoms with van der Waals surface area (Å²) in [6.07, 6.45) is 3.66. The highest BCUT2D eigenvalue weighted by Gasteiger charge is 1.84. The number of hydrogen-bond acceptors (Lipinski definition) is 3. The number of rotatable bonds is 7. The first-order valence-corrected chi connectivity index (χ1v) is 4.75. The normalized spacial score (nSPS) is 8.43. The van der Waals surface area contributed by atoms with Crippen molar-refractivity contribution in [3.8, 4) is 0 Å². The summed E-state index contributed by atoms with van der Waals surface area (Å²) >= 11 is 0. The summed E-state index contributed by atoms with van der Waals surface area (Å²) in [4.78, 5) is 19.4. The van der Waals surface area contributed by atoms with Crippen molar-refractivity contribution in [3.05, 3.63) is 0 Å². The fourth-order valence-corrected chi connectivity index (χ4v) is 0.644. The fraction of sp³-hybridized carbons (Fsp3) is 0.778. The molecule has 5 nitrogen and oxygen atoms in total. The van der Waals surface area contributed by atoms with Gasteiger partial charge in [-0.25, -0.2) is 0 Å². The second-order valence-electron chi connectivity index (χ2n) is 2.72. The van der Waals surface area contributed by atoms with Crippen LogP contribution in [0.3, 0.4) is 0 Å². The molecule has 0 rings (SSSR count). The highest BCUT2D eigenvalue weighted by atomic mass is 16.3. The number of hydrogen-bond donors (Lipinski definition) is 3. The van der Waals surface area contributed by atoms with Gasteiger partial charge in [-0.15, -0.1) is 0 Å². The molecule has 0 heterocycles. The van der Waals surface area contributed by atoms with Gasteiger partial charge in [0.25, 0.3) is 0 Å². The fourth-order valence-electron chi connectivity index (χ4n) is 0.644. The zero-order valence-corrected chi connectivity index (χ0v) is 8.66. The van der Waals surface area contributed by atoms with E-state index in [9.17, 15) is 9.59 Å². The maximum absolute atomic E-state index is 9.82. The zero-order valence-electron chi connectivity index (χ0n) is 8.66. The summed E-state index contributed by atoms with van der Waals surface area (Å²) in [5.41, 5.74) is 4.76. The molecule has 84 valence electrons. The van der Waals surface area contributed by atoms with Crippen LogP contribution in [-0.4, -0.2) is 30.6 Å². The van der Waals surface area contributed by atoms with Crippen LogP contribution in [0, 0.1) is 0 Å². The van der Waals surface area contributed by atoms with E-state index >= 15 is 0 Å². The van der Waals surface area contributed by atoms with Gasteiger partial charge >= 0.3 is 0 Å². The smallest absolute Gasteiger partial charge is 0.217 e. The summed E-state index contributed by atoms with van der Waals surface area (Å²) in [6, 6.07) is 0. The van der Waals surface area contributed by atoms with Crippen molar-refractivity contribution in [1.82, 2.24) is 5.32 Å². The minimum absolute atomic E-state index is 0.209. The topological polar surface area (TPSA) is 92.4 Å². The van der Waals surface area contributed by atoms with Gasteiger partial charge in [0.05, 0.1) is 0 Å². The summed E-state index contributed by atoms with van der Waals surface area (Å²) in [5.74, 6) is -0.211. The molecule has 0 unspecified atom stereocenters. The number of aliphatic hydroxyl groups is 1. The molecule has 0 atom stereocenters. The third-order valence-electron chi connectivity index (χ3n) is 1.31. The van der Waals surface area contributed by atoms with E-state index in [2.05, 4.69) is 5.32 Å². The van der Waals surface area contributed by atoms with Gasteiger partial charge in [0.2, 0.25) is 12.3 Å². The Morgan fingerprint density at radius 1 is 1.50 bits per heavy atom. The number of aliphatic hydroxyl groups excluding tert-OH is 1. The number of primary amides is 1. The summed E-state index contributed by atoms with van der Waals surface area (Å²) in [5, 5.41) is 10.7. The monoisotopic (exact) mass is 204 g/mol. The minimum Gasteiger partial charge on any atom is -0.396 e. The van der Waals surface area contributed by atoms with E-state index in [0.717, 1.165) is 19.3 Å². The highest BCUT2D eigenvalue weighted by molar-refractivity contribution is 5.73. The Morgan fingerprint density at radius 3 is 2.43 bits per heavy atom. The predicted octanol–water partition coefficient (Wildman–Crippen LogP) is -0.223. The lowest BCUT2D eigenvalue weighted by Crippen LogP contribution is -2.12. The van der Waals surface area contributed by atoms with E-state index in [4.69, 9.17) is 10.8 Å². The minimum atomic E-state index is -0.211. The van der Waals surface area contributed by atoms with Gasteiger partial charge in [-0.2, -0.15) is 0 Å². The second kappa shape index (κ2) is 14.4. The Labute approximate surface area is 84.7 Å². The number of unbranched alkanes of at least 4 members (excludes halogenated alkanes) is 1. The number of carbonyl (C=O) groups excluding carboxylic acids is 2. The molecule has 4 N–H and O–H groups in total. The SMILES string of the molecule is CCCC(N)=O.O=CNCCCCO. The Balaban J connectivity index is 0. The van der Waals surface area contributed by atoms with Crippen LogP contribution in [-0.2, 0) is 9.59 Å². The Morgan fingerprint density at radius 2 is 2.14 bits per heavy atom. The molecule has 0 aromatic carbocycles. The van der Waals surface area contributed by atoms with E-state index in [1.54, 1.807) is 0 Å². The van der Waals surface area contributed by atoms with Gasteiger partial charge < -0.3 is 16.2 Å². The molecule has 0 fully saturated rings. The molecule has 2 amide bonds. The van der Waals surface area contributed by atoms with Crippen molar-refractivity contribution in [2.75, 3.05) is 13.2 Å². The third kappa shape index (κ3) is 22.4. The van der Waals surface area contributed by atoms with E-state index in [1.165, 1.54) is 0 Å². The maximum Gasteiger partial charge on any atom is 0.217 e. The van der Waals surface area contributed by atoms with E-state index < -0.39 is 0 Å². The highest BCUT2D eigenvalue weighted by Crippen LogP contribution is 1.81.